The predicted molar refractivity (Wildman–Crippen MR) is 107 cm³/mol. The van der Waals surface area contributed by atoms with E-state index in [-0.39, 0.29) is 24.3 Å². The van der Waals surface area contributed by atoms with E-state index in [1.165, 1.54) is 10.9 Å². The van der Waals surface area contributed by atoms with E-state index in [2.05, 4.69) is 11.9 Å². The summed E-state index contributed by atoms with van der Waals surface area (Å²) in [6.45, 7) is 7.21. The Labute approximate surface area is 167 Å². The van der Waals surface area contributed by atoms with Crippen LogP contribution in [0.25, 0.3) is 10.2 Å². The fourth-order valence-corrected chi connectivity index (χ4v) is 4.60. The van der Waals surface area contributed by atoms with E-state index in [0.717, 1.165) is 37.0 Å². The summed E-state index contributed by atoms with van der Waals surface area (Å²) in [5.41, 5.74) is 0.184. The summed E-state index contributed by atoms with van der Waals surface area (Å²) in [5.74, 6) is -0.355. The van der Waals surface area contributed by atoms with E-state index >= 15 is 0 Å². The summed E-state index contributed by atoms with van der Waals surface area (Å²) >= 11 is 1.13. The van der Waals surface area contributed by atoms with E-state index < -0.39 is 11.9 Å². The van der Waals surface area contributed by atoms with Crippen LogP contribution in [0.15, 0.2) is 11.1 Å². The second-order valence-corrected chi connectivity index (χ2v) is 8.75. The van der Waals surface area contributed by atoms with E-state index in [9.17, 15) is 14.4 Å². The van der Waals surface area contributed by atoms with E-state index in [1.807, 2.05) is 0 Å². The van der Waals surface area contributed by atoms with Gasteiger partial charge in [0.25, 0.3) is 5.56 Å². The number of carbonyl (C=O) groups is 2. The van der Waals surface area contributed by atoms with Gasteiger partial charge in [-0.1, -0.05) is 13.3 Å². The summed E-state index contributed by atoms with van der Waals surface area (Å²) in [6, 6.07) is 0. The van der Waals surface area contributed by atoms with Gasteiger partial charge in [-0.2, -0.15) is 0 Å². The number of rotatable bonds is 5. The highest BCUT2D eigenvalue weighted by atomic mass is 32.1. The number of ether oxygens (including phenoxy) is 2. The molecule has 28 heavy (non-hydrogen) atoms. The second-order valence-electron chi connectivity index (χ2n) is 7.75. The van der Waals surface area contributed by atoms with Crippen LogP contribution in [0.3, 0.4) is 0 Å². The number of carbonyl (C=O) groups excluding carboxylic acids is 2. The normalized spacial score (nSPS) is 19.8. The van der Waals surface area contributed by atoms with Crippen LogP contribution in [0.5, 0.6) is 0 Å². The Bertz CT molecular complexity index is 946. The van der Waals surface area contributed by atoms with Gasteiger partial charge in [0.05, 0.1) is 17.8 Å². The van der Waals surface area contributed by atoms with Crippen LogP contribution in [-0.2, 0) is 20.8 Å². The van der Waals surface area contributed by atoms with Gasteiger partial charge >= 0.3 is 11.9 Å². The van der Waals surface area contributed by atoms with Crippen LogP contribution in [0.2, 0.25) is 0 Å². The minimum Gasteiger partial charge on any atom is -0.461 e. The average molecular weight is 407 g/mol. The lowest BCUT2D eigenvalue weighted by molar-refractivity contribution is -0.152. The topological polar surface area (TPSA) is 87.5 Å². The lowest BCUT2D eigenvalue weighted by Gasteiger charge is -2.26. The molecular weight excluding hydrogens is 380 g/mol. The summed E-state index contributed by atoms with van der Waals surface area (Å²) in [4.78, 5) is 42.5. The summed E-state index contributed by atoms with van der Waals surface area (Å²) in [5, 5.41) is 0.349. The first-order valence-electron chi connectivity index (χ1n) is 9.65. The number of nitrogens with zero attached hydrogens (tertiary/aromatic N) is 2. The van der Waals surface area contributed by atoms with Crippen molar-refractivity contribution < 1.29 is 19.1 Å². The molecule has 2 aromatic rings. The minimum atomic E-state index is -0.465. The molecular formula is C20H26N2O5S. The molecule has 0 aliphatic heterocycles. The fourth-order valence-electron chi connectivity index (χ4n) is 3.58. The molecule has 0 spiro atoms. The number of fused-ring (bicyclic) bond motifs is 1. The van der Waals surface area contributed by atoms with Crippen molar-refractivity contribution in [2.75, 3.05) is 0 Å². The van der Waals surface area contributed by atoms with E-state index in [1.54, 1.807) is 20.8 Å². The Kier molecular flexibility index (Phi) is 6.17. The van der Waals surface area contributed by atoms with Gasteiger partial charge in [0, 0.05) is 0 Å². The third-order valence-electron chi connectivity index (χ3n) is 4.93. The van der Waals surface area contributed by atoms with Crippen LogP contribution in [-0.4, -0.2) is 33.7 Å². The molecule has 0 radical (unpaired) electrons. The first-order chi connectivity index (χ1) is 13.3. The molecule has 0 amide bonds. The van der Waals surface area contributed by atoms with Gasteiger partial charge in [-0.25, -0.2) is 9.78 Å². The maximum atomic E-state index is 12.9. The van der Waals surface area contributed by atoms with Crippen LogP contribution in [0.4, 0.5) is 0 Å². The molecule has 2 heterocycles. The van der Waals surface area contributed by atoms with Crippen LogP contribution >= 0.6 is 11.3 Å². The third-order valence-corrected chi connectivity index (χ3v) is 6.11. The quantitative estimate of drug-likeness (QED) is 0.707. The van der Waals surface area contributed by atoms with Crippen molar-refractivity contribution in [1.82, 2.24) is 9.55 Å². The van der Waals surface area contributed by atoms with Crippen molar-refractivity contribution >= 4 is 33.5 Å². The van der Waals surface area contributed by atoms with Crippen LogP contribution < -0.4 is 5.56 Å². The number of esters is 2. The van der Waals surface area contributed by atoms with Crippen molar-refractivity contribution in [1.29, 1.82) is 0 Å². The second kappa shape index (κ2) is 8.43. The van der Waals surface area contributed by atoms with Gasteiger partial charge in [-0.3, -0.25) is 14.2 Å². The number of aryl methyl sites for hydroxylation is 1. The molecule has 2 aromatic heterocycles. The standard InChI is InChI=1S/C20H26N2O5S/c1-11(2)26-20(25)17-13(4)16-18(28-17)21-10-22(19(16)24)9-15(23)27-14-7-5-6-12(3)8-14/h10-12,14H,5-9H2,1-4H3. The maximum Gasteiger partial charge on any atom is 0.348 e. The minimum absolute atomic E-state index is 0.0797. The van der Waals surface area contributed by atoms with Gasteiger partial charge in [-0.05, 0) is 51.5 Å². The van der Waals surface area contributed by atoms with E-state index in [4.69, 9.17) is 9.47 Å². The molecule has 152 valence electrons. The molecule has 1 aliphatic carbocycles. The Morgan fingerprint density at radius 1 is 1.36 bits per heavy atom. The molecule has 7 nitrogen and oxygen atoms in total. The molecule has 0 aromatic carbocycles. The lowest BCUT2D eigenvalue weighted by Crippen LogP contribution is -2.30. The average Bonchev–Trinajstić information content (AvgIpc) is 2.94. The molecule has 1 aliphatic rings. The number of hydrogen-bond acceptors (Lipinski definition) is 7. The monoisotopic (exact) mass is 406 g/mol. The zero-order valence-electron chi connectivity index (χ0n) is 16.7. The van der Waals surface area contributed by atoms with Crippen molar-refractivity contribution in [3.05, 3.63) is 27.1 Å². The fraction of sp³-hybridized carbons (Fsp3) is 0.600. The summed E-state index contributed by atoms with van der Waals surface area (Å²) in [7, 11) is 0. The highest BCUT2D eigenvalue weighted by Crippen LogP contribution is 2.28. The Morgan fingerprint density at radius 3 is 2.79 bits per heavy atom. The molecule has 1 fully saturated rings. The van der Waals surface area contributed by atoms with Crippen molar-refractivity contribution in [3.63, 3.8) is 0 Å². The van der Waals surface area contributed by atoms with Crippen molar-refractivity contribution in [3.8, 4) is 0 Å². The first-order valence-corrected chi connectivity index (χ1v) is 10.5. The summed E-state index contributed by atoms with van der Waals surface area (Å²) in [6.07, 6.45) is 4.95. The molecule has 0 N–H and O–H groups in total. The Morgan fingerprint density at radius 2 is 2.11 bits per heavy atom. The van der Waals surface area contributed by atoms with Gasteiger partial charge in [0.1, 0.15) is 22.4 Å². The van der Waals surface area contributed by atoms with Gasteiger partial charge in [0.15, 0.2) is 0 Å². The van der Waals surface area contributed by atoms with Crippen LogP contribution in [0.1, 0.15) is 61.7 Å². The maximum absolute atomic E-state index is 12.9. The molecule has 0 bridgehead atoms. The number of aromatic nitrogens is 2. The number of hydrogen-bond donors (Lipinski definition) is 0. The molecule has 3 rings (SSSR count). The molecule has 0 saturated heterocycles. The van der Waals surface area contributed by atoms with Crippen molar-refractivity contribution in [2.24, 2.45) is 5.92 Å². The Hall–Kier alpha value is -2.22. The van der Waals surface area contributed by atoms with E-state index in [0.29, 0.717) is 26.6 Å². The van der Waals surface area contributed by atoms with Crippen molar-refractivity contribution in [2.45, 2.75) is 72.1 Å². The first kappa shape index (κ1) is 20.5. The smallest absolute Gasteiger partial charge is 0.348 e. The van der Waals surface area contributed by atoms with Gasteiger partial charge in [0.2, 0.25) is 0 Å². The molecule has 1 saturated carbocycles. The zero-order valence-corrected chi connectivity index (χ0v) is 17.5. The molecule has 2 unspecified atom stereocenters. The van der Waals surface area contributed by atoms with Gasteiger partial charge in [-0.15, -0.1) is 11.3 Å². The highest BCUT2D eigenvalue weighted by Gasteiger charge is 2.24. The highest BCUT2D eigenvalue weighted by molar-refractivity contribution is 7.20. The Balaban J connectivity index is 1.80. The molecule has 8 heteroatoms. The lowest BCUT2D eigenvalue weighted by atomic mass is 9.89. The zero-order chi connectivity index (χ0) is 20.4. The van der Waals surface area contributed by atoms with Gasteiger partial charge < -0.3 is 9.47 Å². The molecule has 2 atom stereocenters. The SMILES string of the molecule is Cc1c(C(=O)OC(C)C)sc2ncn(CC(=O)OC3CCCC(C)C3)c(=O)c12. The third kappa shape index (κ3) is 4.43. The summed E-state index contributed by atoms with van der Waals surface area (Å²) < 4.78 is 12.0. The predicted octanol–water partition coefficient (Wildman–Crippen LogP) is 3.45. The number of thiophene rings is 1. The largest absolute Gasteiger partial charge is 0.461 e. The van der Waals surface area contributed by atoms with Crippen LogP contribution in [0, 0.1) is 12.8 Å².